The van der Waals surface area contributed by atoms with Crippen LogP contribution in [0.15, 0.2) is 53.9 Å². The summed E-state index contributed by atoms with van der Waals surface area (Å²) in [5.74, 6) is 0.990. The van der Waals surface area contributed by atoms with Gasteiger partial charge in [0.25, 0.3) is 0 Å². The summed E-state index contributed by atoms with van der Waals surface area (Å²) in [6, 6.07) is 12.1. The molecule has 1 aromatic carbocycles. The highest BCUT2D eigenvalue weighted by Crippen LogP contribution is 2.22. The molecule has 0 aliphatic heterocycles. The van der Waals surface area contributed by atoms with Crippen molar-refractivity contribution in [1.29, 1.82) is 0 Å². The molecular weight excluding hydrogens is 358 g/mol. The van der Waals surface area contributed by atoms with E-state index in [1.54, 1.807) is 12.4 Å². The number of pyridine rings is 1. The molecule has 0 radical (unpaired) electrons. The average molecular weight is 382 g/mol. The lowest BCUT2D eigenvalue weighted by atomic mass is 10.1. The minimum absolute atomic E-state index is 0.0296. The predicted molar refractivity (Wildman–Crippen MR) is 107 cm³/mol. The van der Waals surface area contributed by atoms with E-state index in [1.165, 1.54) is 17.3 Å². The van der Waals surface area contributed by atoms with Gasteiger partial charge in [-0.15, -0.1) is 10.2 Å². The van der Waals surface area contributed by atoms with Crippen LogP contribution in [0.2, 0.25) is 0 Å². The van der Waals surface area contributed by atoms with Crippen LogP contribution in [0.4, 0.5) is 0 Å². The van der Waals surface area contributed by atoms with Crippen LogP contribution in [-0.2, 0) is 18.3 Å². The fourth-order valence-electron chi connectivity index (χ4n) is 2.73. The van der Waals surface area contributed by atoms with E-state index in [1.807, 2.05) is 30.7 Å². The van der Waals surface area contributed by atoms with Gasteiger partial charge in [0.15, 0.2) is 11.0 Å². The molecule has 2 heterocycles. The molecule has 140 valence electrons. The molecule has 3 rings (SSSR count). The zero-order valence-corrected chi connectivity index (χ0v) is 16.5. The molecule has 0 bridgehead atoms. The van der Waals surface area contributed by atoms with Crippen molar-refractivity contribution in [3.05, 3.63) is 59.9 Å². The monoisotopic (exact) mass is 381 g/mol. The van der Waals surface area contributed by atoms with Gasteiger partial charge in [0.1, 0.15) is 0 Å². The molecule has 2 aromatic heterocycles. The Morgan fingerprint density at radius 1 is 1.22 bits per heavy atom. The second kappa shape index (κ2) is 8.81. The standard InChI is InChI=1S/C20H23N5OS/c1-4-15-7-9-16(10-8-15)14(2)22-18(26)13-27-20-24-23-19(25(20)3)17-6-5-11-21-12-17/h5-12,14H,4,13H2,1-3H3,(H,22,26). The van der Waals surface area contributed by atoms with Crippen LogP contribution >= 0.6 is 11.8 Å². The molecule has 1 amide bonds. The molecule has 3 aromatic rings. The Kier molecular flexibility index (Phi) is 6.24. The predicted octanol–water partition coefficient (Wildman–Crippen LogP) is 3.41. The van der Waals surface area contributed by atoms with Gasteiger partial charge >= 0.3 is 0 Å². The molecule has 0 aliphatic rings. The highest BCUT2D eigenvalue weighted by atomic mass is 32.2. The van der Waals surface area contributed by atoms with Gasteiger partial charge in [0, 0.05) is 25.0 Å². The first-order valence-electron chi connectivity index (χ1n) is 8.89. The molecule has 0 fully saturated rings. The Morgan fingerprint density at radius 2 is 2.00 bits per heavy atom. The number of nitrogens with zero attached hydrogens (tertiary/aromatic N) is 4. The van der Waals surface area contributed by atoms with E-state index in [4.69, 9.17) is 0 Å². The maximum atomic E-state index is 12.3. The van der Waals surface area contributed by atoms with Crippen molar-refractivity contribution in [2.24, 2.45) is 7.05 Å². The molecule has 6 nitrogen and oxygen atoms in total. The topological polar surface area (TPSA) is 72.7 Å². The summed E-state index contributed by atoms with van der Waals surface area (Å²) >= 11 is 1.37. The van der Waals surface area contributed by atoms with Gasteiger partial charge in [-0.3, -0.25) is 9.78 Å². The number of carbonyl (C=O) groups is 1. The quantitative estimate of drug-likeness (QED) is 0.635. The molecular formula is C20H23N5OS. The Hall–Kier alpha value is -2.67. The van der Waals surface area contributed by atoms with Crippen molar-refractivity contribution >= 4 is 17.7 Å². The second-order valence-electron chi connectivity index (χ2n) is 6.28. The zero-order chi connectivity index (χ0) is 19.2. The number of hydrogen-bond acceptors (Lipinski definition) is 5. The number of carbonyl (C=O) groups excluding carboxylic acids is 1. The van der Waals surface area contributed by atoms with Crippen molar-refractivity contribution < 1.29 is 4.79 Å². The average Bonchev–Trinajstić information content (AvgIpc) is 3.07. The minimum atomic E-state index is -0.0329. The van der Waals surface area contributed by atoms with Crippen molar-refractivity contribution in [3.63, 3.8) is 0 Å². The molecule has 1 N–H and O–H groups in total. The summed E-state index contributed by atoms with van der Waals surface area (Å²) in [6.45, 7) is 4.12. The molecule has 0 aliphatic carbocycles. The Labute approximate surface area is 163 Å². The van der Waals surface area contributed by atoms with Gasteiger partial charge in [-0.05, 0) is 36.6 Å². The van der Waals surface area contributed by atoms with E-state index < -0.39 is 0 Å². The first-order valence-corrected chi connectivity index (χ1v) is 9.87. The van der Waals surface area contributed by atoms with E-state index in [-0.39, 0.29) is 17.7 Å². The maximum absolute atomic E-state index is 12.3. The molecule has 1 unspecified atom stereocenters. The summed E-state index contributed by atoms with van der Waals surface area (Å²) in [5, 5.41) is 12.1. The smallest absolute Gasteiger partial charge is 0.230 e. The van der Waals surface area contributed by atoms with E-state index in [9.17, 15) is 4.79 Å². The molecule has 0 saturated carbocycles. The van der Waals surface area contributed by atoms with Crippen LogP contribution in [0.3, 0.4) is 0 Å². The van der Waals surface area contributed by atoms with Crippen LogP contribution in [0.25, 0.3) is 11.4 Å². The van der Waals surface area contributed by atoms with Crippen LogP contribution in [0.1, 0.15) is 31.0 Å². The van der Waals surface area contributed by atoms with Crippen LogP contribution in [0, 0.1) is 0 Å². The van der Waals surface area contributed by atoms with Gasteiger partial charge in [0.2, 0.25) is 5.91 Å². The van der Waals surface area contributed by atoms with E-state index in [0.717, 1.165) is 23.4 Å². The SMILES string of the molecule is CCc1ccc(C(C)NC(=O)CSc2nnc(-c3cccnc3)n2C)cc1. The van der Waals surface area contributed by atoms with Gasteiger partial charge in [-0.25, -0.2) is 0 Å². The number of aryl methyl sites for hydroxylation is 1. The summed E-state index contributed by atoms with van der Waals surface area (Å²) in [7, 11) is 1.89. The summed E-state index contributed by atoms with van der Waals surface area (Å²) in [5.41, 5.74) is 3.29. The summed E-state index contributed by atoms with van der Waals surface area (Å²) in [6.07, 6.45) is 4.48. The van der Waals surface area contributed by atoms with Crippen molar-refractivity contribution in [2.45, 2.75) is 31.5 Å². The number of benzene rings is 1. The fraction of sp³-hybridized carbons (Fsp3) is 0.300. The largest absolute Gasteiger partial charge is 0.349 e. The van der Waals surface area contributed by atoms with E-state index >= 15 is 0 Å². The van der Waals surface area contributed by atoms with Gasteiger partial charge in [-0.1, -0.05) is 43.0 Å². The summed E-state index contributed by atoms with van der Waals surface area (Å²) in [4.78, 5) is 16.4. The second-order valence-corrected chi connectivity index (χ2v) is 7.22. The number of rotatable bonds is 7. The zero-order valence-electron chi connectivity index (χ0n) is 15.7. The number of amides is 1. The molecule has 1 atom stereocenters. The number of hydrogen-bond donors (Lipinski definition) is 1. The molecule has 7 heteroatoms. The number of aromatic nitrogens is 4. The Morgan fingerprint density at radius 3 is 2.67 bits per heavy atom. The maximum Gasteiger partial charge on any atom is 0.230 e. The van der Waals surface area contributed by atoms with Crippen LogP contribution in [0.5, 0.6) is 0 Å². The minimum Gasteiger partial charge on any atom is -0.349 e. The van der Waals surface area contributed by atoms with Crippen LogP contribution < -0.4 is 5.32 Å². The van der Waals surface area contributed by atoms with Crippen LogP contribution in [-0.4, -0.2) is 31.4 Å². The first kappa shape index (κ1) is 19.1. The number of nitrogens with one attached hydrogen (secondary N) is 1. The van der Waals surface area contributed by atoms with Gasteiger partial charge in [0.05, 0.1) is 11.8 Å². The molecule has 0 saturated heterocycles. The first-order chi connectivity index (χ1) is 13.1. The van der Waals surface area contributed by atoms with Gasteiger partial charge in [-0.2, -0.15) is 0 Å². The third-order valence-electron chi connectivity index (χ3n) is 4.35. The normalized spacial score (nSPS) is 12.0. The van der Waals surface area contributed by atoms with Gasteiger partial charge < -0.3 is 9.88 Å². The molecule has 0 spiro atoms. The lowest BCUT2D eigenvalue weighted by molar-refractivity contribution is -0.119. The lowest BCUT2D eigenvalue weighted by Gasteiger charge is -2.14. The fourth-order valence-corrected chi connectivity index (χ4v) is 3.45. The Balaban J connectivity index is 1.57. The highest BCUT2D eigenvalue weighted by molar-refractivity contribution is 7.99. The number of thioether (sulfide) groups is 1. The lowest BCUT2D eigenvalue weighted by Crippen LogP contribution is -2.28. The molecule has 27 heavy (non-hydrogen) atoms. The van der Waals surface area contributed by atoms with E-state index in [0.29, 0.717) is 5.16 Å². The highest BCUT2D eigenvalue weighted by Gasteiger charge is 2.14. The van der Waals surface area contributed by atoms with Crippen molar-refractivity contribution in [3.8, 4) is 11.4 Å². The van der Waals surface area contributed by atoms with Crippen molar-refractivity contribution in [2.75, 3.05) is 5.75 Å². The summed E-state index contributed by atoms with van der Waals surface area (Å²) < 4.78 is 1.88. The van der Waals surface area contributed by atoms with E-state index in [2.05, 4.69) is 51.7 Å². The Bertz CT molecular complexity index is 892. The third-order valence-corrected chi connectivity index (χ3v) is 5.37. The van der Waals surface area contributed by atoms with Crippen molar-refractivity contribution in [1.82, 2.24) is 25.1 Å². The third kappa shape index (κ3) is 4.74.